The van der Waals surface area contributed by atoms with Gasteiger partial charge in [0.15, 0.2) is 0 Å². The smallest absolute Gasteiger partial charge is 0.317 e. The van der Waals surface area contributed by atoms with Crippen LogP contribution in [0.5, 0.6) is 0 Å². The Labute approximate surface area is 156 Å². The molecule has 0 fully saturated rings. The van der Waals surface area contributed by atoms with Crippen molar-refractivity contribution in [1.82, 2.24) is 4.98 Å². The minimum absolute atomic E-state index is 0.0104. The van der Waals surface area contributed by atoms with E-state index in [9.17, 15) is 20.4 Å². The first-order valence-corrected chi connectivity index (χ1v) is 8.97. The number of nitrogen functional groups attached to an aromatic ring is 1. The maximum Gasteiger partial charge on any atom is 0.317 e. The van der Waals surface area contributed by atoms with Crippen molar-refractivity contribution in [1.29, 1.82) is 10.5 Å². The highest BCUT2D eigenvalue weighted by Gasteiger charge is 2.25. The summed E-state index contributed by atoms with van der Waals surface area (Å²) < 4.78 is 0. The van der Waals surface area contributed by atoms with Crippen molar-refractivity contribution in [3.05, 3.63) is 41.0 Å². The molecular weight excluding hydrogens is 348 g/mol. The first-order valence-electron chi connectivity index (χ1n) is 8.09. The van der Waals surface area contributed by atoms with Crippen LogP contribution in [0.15, 0.2) is 29.3 Å². The Balaban J connectivity index is 2.70. The minimum atomic E-state index is -0.986. The third-order valence-corrected chi connectivity index (χ3v) is 5.30. The molecule has 0 radical (unpaired) electrons. The molecule has 2 aromatic rings. The number of hydrogen-bond acceptors (Lipinski definition) is 6. The molecule has 3 N–H and O–H groups in total. The highest BCUT2D eigenvalue weighted by atomic mass is 32.2. The summed E-state index contributed by atoms with van der Waals surface area (Å²) in [7, 11) is 0. The number of nitriles is 2. The van der Waals surface area contributed by atoms with Gasteiger partial charge in [0.25, 0.3) is 0 Å². The van der Waals surface area contributed by atoms with E-state index in [1.807, 2.05) is 37.3 Å². The van der Waals surface area contributed by atoms with Crippen LogP contribution in [0.2, 0.25) is 0 Å². The Morgan fingerprint density at radius 1 is 1.23 bits per heavy atom. The predicted octanol–water partition coefficient (Wildman–Crippen LogP) is 3.59. The quantitative estimate of drug-likeness (QED) is 0.748. The van der Waals surface area contributed by atoms with Gasteiger partial charge in [0.2, 0.25) is 0 Å². The summed E-state index contributed by atoms with van der Waals surface area (Å²) in [5.41, 5.74) is 8.43. The maximum atomic E-state index is 11.4. The molecule has 1 heterocycles. The zero-order chi connectivity index (χ0) is 19.3. The summed E-state index contributed by atoms with van der Waals surface area (Å²) in [6, 6.07) is 11.6. The Morgan fingerprint density at radius 2 is 1.85 bits per heavy atom. The first kappa shape index (κ1) is 19.3. The lowest BCUT2D eigenvalue weighted by Gasteiger charge is -2.15. The van der Waals surface area contributed by atoms with Gasteiger partial charge in [-0.05, 0) is 24.0 Å². The number of rotatable bonds is 6. The number of carboxylic acid groups (broad SMARTS) is 1. The van der Waals surface area contributed by atoms with Crippen LogP contribution < -0.4 is 5.73 Å². The van der Waals surface area contributed by atoms with Crippen molar-refractivity contribution in [2.45, 2.75) is 37.0 Å². The molecule has 0 saturated carbocycles. The van der Waals surface area contributed by atoms with E-state index in [-0.39, 0.29) is 22.0 Å². The van der Waals surface area contributed by atoms with E-state index in [4.69, 9.17) is 5.73 Å². The van der Waals surface area contributed by atoms with Crippen LogP contribution in [0.3, 0.4) is 0 Å². The highest BCUT2D eigenvalue weighted by molar-refractivity contribution is 8.00. The number of hydrogen-bond donors (Lipinski definition) is 2. The molecular formula is C19H18N4O2S. The third kappa shape index (κ3) is 3.79. The lowest BCUT2D eigenvalue weighted by Crippen LogP contribution is -2.16. The lowest BCUT2D eigenvalue weighted by molar-refractivity contribution is -0.136. The van der Waals surface area contributed by atoms with Crippen molar-refractivity contribution < 1.29 is 9.90 Å². The van der Waals surface area contributed by atoms with E-state index in [1.54, 1.807) is 6.92 Å². The summed E-state index contributed by atoms with van der Waals surface area (Å²) in [5, 5.41) is 28.0. The van der Waals surface area contributed by atoms with Crippen molar-refractivity contribution in [3.8, 4) is 23.3 Å². The molecule has 2 rings (SSSR count). The maximum absolute atomic E-state index is 11.4. The molecule has 0 aliphatic rings. The van der Waals surface area contributed by atoms with Gasteiger partial charge in [-0.1, -0.05) is 49.9 Å². The van der Waals surface area contributed by atoms with Crippen LogP contribution in [0.1, 0.15) is 37.0 Å². The SMILES string of the molecule is CCc1ccc(-c2c(C#N)c(N)nc(SC(CC)C(=O)O)c2C#N)cc1. The number of aliphatic carboxylic acids is 1. The molecule has 0 aliphatic carbocycles. The molecule has 26 heavy (non-hydrogen) atoms. The van der Waals surface area contributed by atoms with E-state index in [2.05, 4.69) is 11.1 Å². The topological polar surface area (TPSA) is 124 Å². The number of carboxylic acids is 1. The van der Waals surface area contributed by atoms with Gasteiger partial charge in [-0.25, -0.2) is 4.98 Å². The number of anilines is 1. The van der Waals surface area contributed by atoms with Gasteiger partial charge in [-0.2, -0.15) is 10.5 Å². The number of aromatic nitrogens is 1. The summed E-state index contributed by atoms with van der Waals surface area (Å²) in [4.78, 5) is 15.5. The van der Waals surface area contributed by atoms with E-state index in [1.165, 1.54) is 0 Å². The molecule has 132 valence electrons. The minimum Gasteiger partial charge on any atom is -0.480 e. The fraction of sp³-hybridized carbons (Fsp3) is 0.263. The van der Waals surface area contributed by atoms with Crippen LogP contribution in [0.4, 0.5) is 5.82 Å². The van der Waals surface area contributed by atoms with E-state index >= 15 is 0 Å². The molecule has 0 aliphatic heterocycles. The molecule has 6 nitrogen and oxygen atoms in total. The zero-order valence-electron chi connectivity index (χ0n) is 14.5. The Kier molecular flexibility index (Phi) is 6.21. The van der Waals surface area contributed by atoms with Gasteiger partial charge in [0.1, 0.15) is 33.8 Å². The average Bonchev–Trinajstić information content (AvgIpc) is 2.65. The van der Waals surface area contributed by atoms with Crippen molar-refractivity contribution >= 4 is 23.5 Å². The van der Waals surface area contributed by atoms with E-state index in [0.717, 1.165) is 23.7 Å². The standard InChI is InChI=1S/C19H18N4O2S/c1-3-11-5-7-12(8-6-11)16-13(9-20)17(22)23-18(14(16)10-21)26-15(4-2)19(24)25/h5-8,15H,3-4H2,1-2H3,(H2,22,23)(H,24,25). The van der Waals surface area contributed by atoms with Gasteiger partial charge in [0, 0.05) is 5.56 Å². The number of pyridine rings is 1. The fourth-order valence-corrected chi connectivity index (χ4v) is 3.48. The molecule has 0 amide bonds. The molecule has 0 saturated heterocycles. The van der Waals surface area contributed by atoms with Gasteiger partial charge in [-0.3, -0.25) is 4.79 Å². The van der Waals surface area contributed by atoms with Gasteiger partial charge < -0.3 is 10.8 Å². The van der Waals surface area contributed by atoms with Crippen LogP contribution in [-0.4, -0.2) is 21.3 Å². The average molecular weight is 366 g/mol. The van der Waals surface area contributed by atoms with Crippen LogP contribution in [-0.2, 0) is 11.2 Å². The first-order chi connectivity index (χ1) is 12.5. The van der Waals surface area contributed by atoms with E-state index < -0.39 is 11.2 Å². The molecule has 1 aromatic heterocycles. The van der Waals surface area contributed by atoms with Gasteiger partial charge in [0.05, 0.1) is 5.56 Å². The summed E-state index contributed by atoms with van der Waals surface area (Å²) >= 11 is 0.975. The van der Waals surface area contributed by atoms with Crippen LogP contribution in [0.25, 0.3) is 11.1 Å². The second kappa shape index (κ2) is 8.37. The number of benzene rings is 1. The number of thioether (sulfide) groups is 1. The van der Waals surface area contributed by atoms with E-state index in [0.29, 0.717) is 17.5 Å². The predicted molar refractivity (Wildman–Crippen MR) is 100 cm³/mol. The summed E-state index contributed by atoms with van der Waals surface area (Å²) in [6.45, 7) is 3.78. The van der Waals surface area contributed by atoms with Gasteiger partial charge >= 0.3 is 5.97 Å². The largest absolute Gasteiger partial charge is 0.480 e. The molecule has 1 aromatic carbocycles. The van der Waals surface area contributed by atoms with Crippen molar-refractivity contribution in [2.75, 3.05) is 5.73 Å². The molecule has 1 unspecified atom stereocenters. The zero-order valence-corrected chi connectivity index (χ0v) is 15.3. The lowest BCUT2D eigenvalue weighted by atomic mass is 9.96. The Bertz CT molecular complexity index is 911. The van der Waals surface area contributed by atoms with Gasteiger partial charge in [-0.15, -0.1) is 0 Å². The fourth-order valence-electron chi connectivity index (χ4n) is 2.52. The molecule has 0 bridgehead atoms. The highest BCUT2D eigenvalue weighted by Crippen LogP contribution is 2.37. The molecule has 1 atom stereocenters. The van der Waals surface area contributed by atoms with Crippen molar-refractivity contribution in [2.24, 2.45) is 0 Å². The second-order valence-electron chi connectivity index (χ2n) is 5.55. The summed E-state index contributed by atoms with van der Waals surface area (Å²) in [6.07, 6.45) is 1.24. The second-order valence-corrected chi connectivity index (χ2v) is 6.75. The summed E-state index contributed by atoms with van der Waals surface area (Å²) in [5.74, 6) is -0.997. The van der Waals surface area contributed by atoms with Crippen LogP contribution >= 0.6 is 11.8 Å². The Morgan fingerprint density at radius 3 is 2.31 bits per heavy atom. The third-order valence-electron chi connectivity index (χ3n) is 3.97. The number of nitrogens with two attached hydrogens (primary N) is 1. The Hall–Kier alpha value is -3.03. The molecule has 7 heteroatoms. The monoisotopic (exact) mass is 366 g/mol. The number of carbonyl (C=O) groups is 1. The molecule has 0 spiro atoms. The normalized spacial score (nSPS) is 11.4. The van der Waals surface area contributed by atoms with Crippen LogP contribution in [0, 0.1) is 22.7 Å². The van der Waals surface area contributed by atoms with Crippen molar-refractivity contribution in [3.63, 3.8) is 0 Å². The number of nitrogens with zero attached hydrogens (tertiary/aromatic N) is 3. The number of aryl methyl sites for hydroxylation is 1.